The Kier molecular flexibility index (Phi) is 5.59. The molecule has 0 bridgehead atoms. The number of aryl methyl sites for hydroxylation is 2. The number of amides is 2. The van der Waals surface area contributed by atoms with E-state index in [0.29, 0.717) is 0 Å². The Hall–Kier alpha value is -3.73. The standard InChI is InChI=1S/C18H21N7O4/c1-23-10-21-15-14(23)17(28)25(18(29)24(15)2)9-13(26)22-12-6-4-3-5-11(12)16(27)20-8-7-19/h3-6,10H,7-9,19H2,1-2H3,(H,20,27)(H,22,26). The monoisotopic (exact) mass is 399 g/mol. The molecule has 0 saturated carbocycles. The van der Waals surface area contributed by atoms with Gasteiger partial charge in [-0.3, -0.25) is 19.0 Å². The predicted octanol–water partition coefficient (Wildman–Crippen LogP) is -1.24. The lowest BCUT2D eigenvalue weighted by molar-refractivity contribution is -0.116. The number of nitrogens with one attached hydrogen (secondary N) is 2. The number of hydrogen-bond donors (Lipinski definition) is 3. The number of carbonyl (C=O) groups is 2. The zero-order valence-electron chi connectivity index (χ0n) is 16.0. The van der Waals surface area contributed by atoms with E-state index in [4.69, 9.17) is 5.73 Å². The predicted molar refractivity (Wildman–Crippen MR) is 107 cm³/mol. The molecule has 29 heavy (non-hydrogen) atoms. The molecule has 0 radical (unpaired) electrons. The Morgan fingerprint density at radius 2 is 1.90 bits per heavy atom. The zero-order valence-corrected chi connectivity index (χ0v) is 16.0. The number of rotatable bonds is 6. The van der Waals surface area contributed by atoms with Gasteiger partial charge in [-0.15, -0.1) is 0 Å². The van der Waals surface area contributed by atoms with Crippen molar-refractivity contribution in [2.75, 3.05) is 18.4 Å². The third-order valence-corrected chi connectivity index (χ3v) is 4.38. The Labute approximate surface area is 164 Å². The lowest BCUT2D eigenvalue weighted by Gasteiger charge is -2.12. The molecular weight excluding hydrogens is 378 g/mol. The van der Waals surface area contributed by atoms with Crippen LogP contribution in [0.2, 0.25) is 0 Å². The van der Waals surface area contributed by atoms with Crippen LogP contribution >= 0.6 is 0 Å². The maximum absolute atomic E-state index is 12.7. The maximum atomic E-state index is 12.7. The topological polar surface area (TPSA) is 146 Å². The van der Waals surface area contributed by atoms with Crippen molar-refractivity contribution in [1.82, 2.24) is 24.0 Å². The molecule has 2 aromatic heterocycles. The van der Waals surface area contributed by atoms with E-state index in [1.165, 1.54) is 22.5 Å². The number of fused-ring (bicyclic) bond motifs is 1. The first kappa shape index (κ1) is 20.0. The summed E-state index contributed by atoms with van der Waals surface area (Å²) in [4.78, 5) is 54.0. The molecule has 3 rings (SSSR count). The molecule has 0 fully saturated rings. The number of imidazole rings is 1. The summed E-state index contributed by atoms with van der Waals surface area (Å²) in [5.74, 6) is -1.01. The van der Waals surface area contributed by atoms with E-state index >= 15 is 0 Å². The van der Waals surface area contributed by atoms with Crippen LogP contribution in [-0.2, 0) is 25.4 Å². The Bertz CT molecular complexity index is 1210. The van der Waals surface area contributed by atoms with E-state index in [1.807, 2.05) is 0 Å². The van der Waals surface area contributed by atoms with Crippen molar-refractivity contribution in [3.05, 3.63) is 57.0 Å². The molecule has 2 heterocycles. The van der Waals surface area contributed by atoms with Gasteiger partial charge in [-0.2, -0.15) is 0 Å². The van der Waals surface area contributed by atoms with Crippen LogP contribution in [-0.4, -0.2) is 43.6 Å². The number of para-hydroxylation sites is 1. The minimum Gasteiger partial charge on any atom is -0.351 e. The number of carbonyl (C=O) groups excluding carboxylic acids is 2. The molecule has 1 aromatic carbocycles. The van der Waals surface area contributed by atoms with Crippen molar-refractivity contribution in [2.24, 2.45) is 19.8 Å². The highest BCUT2D eigenvalue weighted by Gasteiger charge is 2.18. The highest BCUT2D eigenvalue weighted by atomic mass is 16.2. The molecule has 2 amide bonds. The summed E-state index contributed by atoms with van der Waals surface area (Å²) < 4.78 is 3.53. The van der Waals surface area contributed by atoms with E-state index < -0.39 is 29.6 Å². The van der Waals surface area contributed by atoms with Gasteiger partial charge in [-0.05, 0) is 12.1 Å². The Morgan fingerprint density at radius 1 is 1.17 bits per heavy atom. The normalized spacial score (nSPS) is 10.9. The fraction of sp³-hybridized carbons (Fsp3) is 0.278. The zero-order chi connectivity index (χ0) is 21.1. The summed E-state index contributed by atoms with van der Waals surface area (Å²) in [5, 5.41) is 5.21. The summed E-state index contributed by atoms with van der Waals surface area (Å²) in [6.45, 7) is 0.0611. The third-order valence-electron chi connectivity index (χ3n) is 4.38. The molecule has 11 heteroatoms. The number of nitrogens with two attached hydrogens (primary N) is 1. The maximum Gasteiger partial charge on any atom is 0.332 e. The molecule has 0 aliphatic rings. The molecule has 0 aliphatic heterocycles. The molecule has 0 spiro atoms. The minimum absolute atomic E-state index is 0.210. The van der Waals surface area contributed by atoms with Gasteiger partial charge in [0.05, 0.1) is 17.6 Å². The summed E-state index contributed by atoms with van der Waals surface area (Å²) in [6, 6.07) is 6.42. The van der Waals surface area contributed by atoms with E-state index in [9.17, 15) is 19.2 Å². The summed E-state index contributed by atoms with van der Waals surface area (Å²) in [7, 11) is 3.10. The van der Waals surface area contributed by atoms with Crippen LogP contribution in [0.25, 0.3) is 11.2 Å². The van der Waals surface area contributed by atoms with Crippen molar-refractivity contribution >= 4 is 28.7 Å². The van der Waals surface area contributed by atoms with Gasteiger partial charge in [0.15, 0.2) is 11.2 Å². The molecule has 0 aliphatic carbocycles. The highest BCUT2D eigenvalue weighted by Crippen LogP contribution is 2.15. The van der Waals surface area contributed by atoms with Gasteiger partial charge in [-0.1, -0.05) is 12.1 Å². The van der Waals surface area contributed by atoms with Crippen molar-refractivity contribution < 1.29 is 9.59 Å². The van der Waals surface area contributed by atoms with Crippen LogP contribution in [0.1, 0.15) is 10.4 Å². The van der Waals surface area contributed by atoms with Gasteiger partial charge < -0.3 is 20.9 Å². The number of nitrogens with zero attached hydrogens (tertiary/aromatic N) is 4. The average molecular weight is 399 g/mol. The van der Waals surface area contributed by atoms with Crippen molar-refractivity contribution in [2.45, 2.75) is 6.54 Å². The molecule has 0 unspecified atom stereocenters. The highest BCUT2D eigenvalue weighted by molar-refractivity contribution is 6.03. The lowest BCUT2D eigenvalue weighted by atomic mass is 10.1. The second kappa shape index (κ2) is 8.10. The largest absolute Gasteiger partial charge is 0.351 e. The minimum atomic E-state index is -0.662. The number of hydrogen-bond acceptors (Lipinski definition) is 6. The van der Waals surface area contributed by atoms with Crippen molar-refractivity contribution in [1.29, 1.82) is 0 Å². The van der Waals surface area contributed by atoms with Crippen LogP contribution in [0, 0.1) is 0 Å². The van der Waals surface area contributed by atoms with Crippen LogP contribution < -0.4 is 27.6 Å². The van der Waals surface area contributed by atoms with E-state index in [-0.39, 0.29) is 35.5 Å². The van der Waals surface area contributed by atoms with Gasteiger partial charge in [0.2, 0.25) is 5.91 Å². The van der Waals surface area contributed by atoms with Crippen molar-refractivity contribution in [3.63, 3.8) is 0 Å². The second-order valence-corrected chi connectivity index (χ2v) is 6.40. The molecule has 152 valence electrons. The SMILES string of the molecule is Cn1cnc2c1c(=O)n(CC(=O)Nc1ccccc1C(=O)NCCN)c(=O)n2C. The fourth-order valence-corrected chi connectivity index (χ4v) is 2.94. The molecule has 4 N–H and O–H groups in total. The van der Waals surface area contributed by atoms with Gasteiger partial charge in [0.1, 0.15) is 6.54 Å². The van der Waals surface area contributed by atoms with Gasteiger partial charge in [-0.25, -0.2) is 14.3 Å². The van der Waals surface area contributed by atoms with E-state index in [2.05, 4.69) is 15.6 Å². The average Bonchev–Trinajstić information content (AvgIpc) is 3.10. The van der Waals surface area contributed by atoms with Crippen LogP contribution in [0.5, 0.6) is 0 Å². The molecule has 11 nitrogen and oxygen atoms in total. The Balaban J connectivity index is 1.90. The van der Waals surface area contributed by atoms with Gasteiger partial charge >= 0.3 is 5.69 Å². The molecule has 3 aromatic rings. The first-order valence-corrected chi connectivity index (χ1v) is 8.83. The summed E-state index contributed by atoms with van der Waals surface area (Å²) in [6.07, 6.45) is 1.42. The first-order chi connectivity index (χ1) is 13.8. The first-order valence-electron chi connectivity index (χ1n) is 8.83. The van der Waals surface area contributed by atoms with Gasteiger partial charge in [0, 0.05) is 27.2 Å². The van der Waals surface area contributed by atoms with Crippen molar-refractivity contribution in [3.8, 4) is 0 Å². The molecular formula is C18H21N7O4. The number of aromatic nitrogens is 4. The van der Waals surface area contributed by atoms with Crippen LogP contribution in [0.4, 0.5) is 5.69 Å². The number of benzene rings is 1. The summed E-state index contributed by atoms with van der Waals surface area (Å²) >= 11 is 0. The Morgan fingerprint density at radius 3 is 2.62 bits per heavy atom. The second-order valence-electron chi connectivity index (χ2n) is 6.40. The van der Waals surface area contributed by atoms with E-state index in [1.54, 1.807) is 31.3 Å². The van der Waals surface area contributed by atoms with Crippen LogP contribution in [0.3, 0.4) is 0 Å². The van der Waals surface area contributed by atoms with E-state index in [0.717, 1.165) is 4.57 Å². The summed E-state index contributed by atoms with van der Waals surface area (Å²) in [5.41, 5.74) is 5.06. The lowest BCUT2D eigenvalue weighted by Crippen LogP contribution is -2.42. The van der Waals surface area contributed by atoms with Gasteiger partial charge in [0.25, 0.3) is 11.5 Å². The molecule has 0 atom stereocenters. The fourth-order valence-electron chi connectivity index (χ4n) is 2.94. The third kappa shape index (κ3) is 3.80. The number of anilines is 1. The quantitative estimate of drug-likeness (QED) is 0.473. The smallest absolute Gasteiger partial charge is 0.332 e. The molecule has 0 saturated heterocycles. The van der Waals surface area contributed by atoms with Crippen LogP contribution in [0.15, 0.2) is 40.2 Å².